The lowest BCUT2D eigenvalue weighted by molar-refractivity contribution is -0.0590. The van der Waals surface area contributed by atoms with Gasteiger partial charge >= 0.3 is 0 Å². The van der Waals surface area contributed by atoms with Crippen LogP contribution < -0.4 is 5.32 Å². The van der Waals surface area contributed by atoms with Crippen LogP contribution in [0.15, 0.2) is 46.1 Å². The summed E-state index contributed by atoms with van der Waals surface area (Å²) in [7, 11) is 0. The van der Waals surface area contributed by atoms with Crippen LogP contribution in [0.3, 0.4) is 0 Å². The van der Waals surface area contributed by atoms with Gasteiger partial charge in [0.25, 0.3) is 0 Å². The SMILES string of the molecule is CC(C)NC(CN1N=CN2CCN(N3C=C4C(=NC3)C(O)CC4C)CC21)c1ccc(Cl)cc1. The predicted octanol–water partition coefficient (Wildman–Crippen LogP) is 2.50. The molecule has 1 saturated heterocycles. The van der Waals surface area contributed by atoms with Gasteiger partial charge in [0.05, 0.1) is 30.9 Å². The molecular weight excluding hydrogens is 438 g/mol. The van der Waals surface area contributed by atoms with Gasteiger partial charge in [0.1, 0.15) is 19.2 Å². The first-order valence-electron chi connectivity index (χ1n) is 11.9. The number of aliphatic imine (C=N–C) groups is 1. The maximum atomic E-state index is 10.3. The highest BCUT2D eigenvalue weighted by Crippen LogP contribution is 2.32. The van der Waals surface area contributed by atoms with Crippen molar-refractivity contribution in [2.24, 2.45) is 16.0 Å². The van der Waals surface area contributed by atoms with E-state index >= 15 is 0 Å². The van der Waals surface area contributed by atoms with Gasteiger partial charge in [-0.15, -0.1) is 0 Å². The van der Waals surface area contributed by atoms with E-state index in [1.807, 2.05) is 18.5 Å². The van der Waals surface area contributed by atoms with Crippen LogP contribution in [-0.2, 0) is 0 Å². The summed E-state index contributed by atoms with van der Waals surface area (Å²) in [6.45, 7) is 10.5. The molecule has 1 aromatic rings. The summed E-state index contributed by atoms with van der Waals surface area (Å²) in [6, 6.07) is 8.60. The number of halogens is 1. The second-order valence-corrected chi connectivity index (χ2v) is 10.2. The van der Waals surface area contributed by atoms with Gasteiger partial charge in [-0.3, -0.25) is 15.0 Å². The summed E-state index contributed by atoms with van der Waals surface area (Å²) in [4.78, 5) is 7.05. The molecule has 8 nitrogen and oxygen atoms in total. The summed E-state index contributed by atoms with van der Waals surface area (Å²) >= 11 is 6.13. The van der Waals surface area contributed by atoms with Crippen LogP contribution in [0.2, 0.25) is 5.02 Å². The predicted molar refractivity (Wildman–Crippen MR) is 132 cm³/mol. The lowest BCUT2D eigenvalue weighted by Crippen LogP contribution is -2.59. The van der Waals surface area contributed by atoms with Crippen molar-refractivity contribution in [2.75, 3.05) is 32.8 Å². The van der Waals surface area contributed by atoms with E-state index in [0.717, 1.165) is 43.3 Å². The molecule has 3 heterocycles. The van der Waals surface area contributed by atoms with Crippen LogP contribution in [0.1, 0.15) is 38.8 Å². The van der Waals surface area contributed by atoms with Crippen molar-refractivity contribution in [1.82, 2.24) is 25.2 Å². The number of rotatable bonds is 6. The molecule has 0 aromatic heterocycles. The second kappa shape index (κ2) is 9.25. The first-order valence-corrected chi connectivity index (χ1v) is 12.3. The van der Waals surface area contributed by atoms with Gasteiger partial charge in [-0.1, -0.05) is 44.5 Å². The molecule has 0 bridgehead atoms. The van der Waals surface area contributed by atoms with E-state index < -0.39 is 6.10 Å². The fourth-order valence-electron chi connectivity index (χ4n) is 5.24. The molecular formula is C24H34ClN7O. The zero-order valence-electron chi connectivity index (χ0n) is 19.6. The Balaban J connectivity index is 1.29. The number of hydrazine groups is 1. The van der Waals surface area contributed by atoms with Crippen LogP contribution >= 0.6 is 11.6 Å². The lowest BCUT2D eigenvalue weighted by Gasteiger charge is -2.45. The third-order valence-electron chi connectivity index (χ3n) is 7.00. The van der Waals surface area contributed by atoms with Crippen LogP contribution in [0.5, 0.6) is 0 Å². The molecule has 3 aliphatic heterocycles. The molecule has 33 heavy (non-hydrogen) atoms. The number of benzene rings is 1. The molecule has 2 fully saturated rings. The highest BCUT2D eigenvalue weighted by atomic mass is 35.5. The van der Waals surface area contributed by atoms with Gasteiger partial charge in [0, 0.05) is 30.4 Å². The fraction of sp³-hybridized carbons (Fsp3) is 0.583. The summed E-state index contributed by atoms with van der Waals surface area (Å²) in [5.74, 6) is 0.344. The van der Waals surface area contributed by atoms with Crippen LogP contribution in [0.4, 0.5) is 0 Å². The topological polar surface area (TPSA) is 69.9 Å². The van der Waals surface area contributed by atoms with Crippen molar-refractivity contribution < 1.29 is 5.11 Å². The van der Waals surface area contributed by atoms with Gasteiger partial charge in [-0.05, 0) is 35.6 Å². The number of piperazine rings is 1. The van der Waals surface area contributed by atoms with Crippen molar-refractivity contribution in [1.29, 1.82) is 0 Å². The molecule has 0 amide bonds. The van der Waals surface area contributed by atoms with Crippen molar-refractivity contribution in [3.63, 3.8) is 0 Å². The van der Waals surface area contributed by atoms with Gasteiger partial charge in [-0.2, -0.15) is 5.10 Å². The smallest absolute Gasteiger partial charge is 0.133 e. The fourth-order valence-corrected chi connectivity index (χ4v) is 5.37. The van der Waals surface area contributed by atoms with Crippen molar-refractivity contribution >= 4 is 23.7 Å². The summed E-state index contributed by atoms with van der Waals surface area (Å²) in [5.41, 5.74) is 3.28. The largest absolute Gasteiger partial charge is 0.387 e. The minimum Gasteiger partial charge on any atom is -0.387 e. The highest BCUT2D eigenvalue weighted by molar-refractivity contribution is 6.30. The number of hydrogen-bond acceptors (Lipinski definition) is 8. The molecule has 4 unspecified atom stereocenters. The Kier molecular flexibility index (Phi) is 6.35. The third kappa shape index (κ3) is 4.62. The molecule has 178 valence electrons. The average Bonchev–Trinajstić information content (AvgIpc) is 3.33. The van der Waals surface area contributed by atoms with Crippen molar-refractivity contribution in [3.05, 3.63) is 46.6 Å². The molecule has 1 aliphatic carbocycles. The first kappa shape index (κ1) is 22.7. The quantitative estimate of drug-likeness (QED) is 0.664. The zero-order chi connectivity index (χ0) is 23.1. The Bertz CT molecular complexity index is 947. The van der Waals surface area contributed by atoms with E-state index in [2.05, 4.69) is 64.3 Å². The molecule has 1 aromatic carbocycles. The Morgan fingerprint density at radius 1 is 1.21 bits per heavy atom. The zero-order valence-corrected chi connectivity index (χ0v) is 20.4. The van der Waals surface area contributed by atoms with E-state index in [1.165, 1.54) is 11.1 Å². The van der Waals surface area contributed by atoms with Gasteiger partial charge < -0.3 is 15.3 Å². The number of fused-ring (bicyclic) bond motifs is 2. The average molecular weight is 472 g/mol. The minimum atomic E-state index is -0.415. The van der Waals surface area contributed by atoms with E-state index in [4.69, 9.17) is 21.7 Å². The number of aliphatic hydroxyl groups excluding tert-OH is 1. The normalized spacial score (nSPS) is 28.2. The monoisotopic (exact) mass is 471 g/mol. The third-order valence-corrected chi connectivity index (χ3v) is 7.25. The number of hydrazone groups is 1. The Labute approximate surface area is 201 Å². The molecule has 0 radical (unpaired) electrons. The molecule has 4 aliphatic rings. The van der Waals surface area contributed by atoms with Crippen LogP contribution in [0, 0.1) is 5.92 Å². The standard InChI is InChI=1S/C24H34ClN7O/c1-16(2)28-21(18-4-6-19(25)7-5-18)12-32-23-13-30(9-8-29(23)15-27-32)31-11-20-17(3)10-22(33)24(20)26-14-31/h4-7,11,15-17,21-23,28,33H,8-10,12-14H2,1-3H3. The second-order valence-electron chi connectivity index (χ2n) is 9.77. The van der Waals surface area contributed by atoms with Crippen molar-refractivity contribution in [2.45, 2.75) is 51.5 Å². The van der Waals surface area contributed by atoms with E-state index in [0.29, 0.717) is 18.6 Å². The summed E-state index contributed by atoms with van der Waals surface area (Å²) in [5, 5.41) is 26.3. The lowest BCUT2D eigenvalue weighted by atomic mass is 10.1. The summed E-state index contributed by atoms with van der Waals surface area (Å²) < 4.78 is 0. The maximum Gasteiger partial charge on any atom is 0.133 e. The molecule has 0 spiro atoms. The van der Waals surface area contributed by atoms with Gasteiger partial charge in [-0.25, -0.2) is 5.01 Å². The van der Waals surface area contributed by atoms with Gasteiger partial charge in [0.2, 0.25) is 0 Å². The molecule has 4 atom stereocenters. The highest BCUT2D eigenvalue weighted by Gasteiger charge is 2.39. The number of hydrogen-bond donors (Lipinski definition) is 2. The number of nitrogens with one attached hydrogen (secondary N) is 1. The van der Waals surface area contributed by atoms with Gasteiger partial charge in [0.15, 0.2) is 0 Å². The Hall–Kier alpha value is -2.13. The van der Waals surface area contributed by atoms with Crippen molar-refractivity contribution in [3.8, 4) is 0 Å². The van der Waals surface area contributed by atoms with E-state index in [9.17, 15) is 5.11 Å². The Morgan fingerprint density at radius 3 is 2.76 bits per heavy atom. The maximum absolute atomic E-state index is 10.3. The number of aliphatic hydroxyl groups is 1. The molecule has 5 rings (SSSR count). The van der Waals surface area contributed by atoms with Crippen LogP contribution in [-0.4, -0.2) is 88.2 Å². The summed E-state index contributed by atoms with van der Waals surface area (Å²) in [6.07, 6.45) is 4.72. The van der Waals surface area contributed by atoms with Crippen LogP contribution in [0.25, 0.3) is 0 Å². The molecule has 2 N–H and O–H groups in total. The molecule has 1 saturated carbocycles. The van der Waals surface area contributed by atoms with E-state index in [-0.39, 0.29) is 12.2 Å². The first-order chi connectivity index (χ1) is 15.9. The Morgan fingerprint density at radius 2 is 2.00 bits per heavy atom. The number of nitrogens with zero attached hydrogens (tertiary/aromatic N) is 6. The van der Waals surface area contributed by atoms with E-state index in [1.54, 1.807) is 0 Å². The molecule has 9 heteroatoms. The minimum absolute atomic E-state index is 0.153.